The third kappa shape index (κ3) is 3.41. The molecule has 0 aromatic heterocycles. The molecule has 0 atom stereocenters. The summed E-state index contributed by atoms with van der Waals surface area (Å²) in [5, 5.41) is 0. The number of nitrogens with zero attached hydrogens (tertiary/aromatic N) is 1. The predicted molar refractivity (Wildman–Crippen MR) is 86.1 cm³/mol. The highest BCUT2D eigenvalue weighted by Gasteiger charge is 2.12. The van der Waals surface area contributed by atoms with Crippen molar-refractivity contribution in [3.8, 4) is 0 Å². The molecule has 0 spiro atoms. The second-order valence-electron chi connectivity index (χ2n) is 5.28. The van der Waals surface area contributed by atoms with E-state index in [1.807, 2.05) is 25.2 Å². The fraction of sp³-hybridized carbons (Fsp3) is 0.235. The second kappa shape index (κ2) is 6.41. The van der Waals surface area contributed by atoms with E-state index in [4.69, 9.17) is 5.84 Å². The van der Waals surface area contributed by atoms with Gasteiger partial charge in [-0.1, -0.05) is 35.9 Å². The molecule has 21 heavy (non-hydrogen) atoms. The number of nitrogens with one attached hydrogen (secondary N) is 1. The first-order valence-corrected chi connectivity index (χ1v) is 6.90. The van der Waals surface area contributed by atoms with E-state index in [-0.39, 0.29) is 5.91 Å². The number of benzene rings is 2. The summed E-state index contributed by atoms with van der Waals surface area (Å²) in [5.41, 5.74) is 7.37. The summed E-state index contributed by atoms with van der Waals surface area (Å²) in [5.74, 6) is 4.98. The van der Waals surface area contributed by atoms with E-state index in [1.165, 1.54) is 11.1 Å². The van der Waals surface area contributed by atoms with E-state index in [0.29, 0.717) is 12.1 Å². The monoisotopic (exact) mass is 283 g/mol. The summed E-state index contributed by atoms with van der Waals surface area (Å²) in [6.07, 6.45) is 0. The van der Waals surface area contributed by atoms with Gasteiger partial charge in [0.2, 0.25) is 0 Å². The number of hydrazine groups is 1. The zero-order valence-corrected chi connectivity index (χ0v) is 12.7. The number of hydrogen-bond acceptors (Lipinski definition) is 3. The average molecular weight is 283 g/mol. The van der Waals surface area contributed by atoms with E-state index >= 15 is 0 Å². The lowest BCUT2D eigenvalue weighted by Gasteiger charge is -2.23. The van der Waals surface area contributed by atoms with E-state index in [9.17, 15) is 4.79 Å². The maximum absolute atomic E-state index is 11.8. The molecule has 0 unspecified atom stereocenters. The molecule has 0 aliphatic rings. The highest BCUT2D eigenvalue weighted by atomic mass is 16.2. The molecular formula is C17H21N3O. The van der Waals surface area contributed by atoms with Crippen molar-refractivity contribution in [2.45, 2.75) is 20.4 Å². The van der Waals surface area contributed by atoms with Crippen molar-refractivity contribution in [2.75, 3.05) is 11.9 Å². The molecule has 0 radical (unpaired) electrons. The maximum Gasteiger partial charge on any atom is 0.265 e. The normalized spacial score (nSPS) is 10.3. The zero-order chi connectivity index (χ0) is 15.4. The maximum atomic E-state index is 11.8. The Bertz CT molecular complexity index is 652. The van der Waals surface area contributed by atoms with Gasteiger partial charge in [0, 0.05) is 24.8 Å². The topological polar surface area (TPSA) is 58.4 Å². The molecule has 1 amide bonds. The lowest BCUT2D eigenvalue weighted by atomic mass is 10.1. The number of amides is 1. The van der Waals surface area contributed by atoms with Gasteiger partial charge in [-0.2, -0.15) is 0 Å². The SMILES string of the molecule is Cc1ccc(N(C)Cc2ccccc2C(=O)NN)c(C)c1. The van der Waals surface area contributed by atoms with Crippen molar-refractivity contribution in [3.63, 3.8) is 0 Å². The molecule has 2 aromatic rings. The first kappa shape index (κ1) is 15.1. The molecule has 110 valence electrons. The van der Waals surface area contributed by atoms with Crippen LogP contribution < -0.4 is 16.2 Å². The Kier molecular flexibility index (Phi) is 4.60. The molecule has 4 nitrogen and oxygen atoms in total. The van der Waals surface area contributed by atoms with Crippen LogP contribution in [0.3, 0.4) is 0 Å². The van der Waals surface area contributed by atoms with Crippen molar-refractivity contribution in [3.05, 3.63) is 64.7 Å². The third-order valence-electron chi connectivity index (χ3n) is 3.56. The van der Waals surface area contributed by atoms with Crippen LogP contribution >= 0.6 is 0 Å². The van der Waals surface area contributed by atoms with Gasteiger partial charge in [-0.25, -0.2) is 5.84 Å². The van der Waals surface area contributed by atoms with E-state index in [2.05, 4.69) is 42.4 Å². The van der Waals surface area contributed by atoms with E-state index in [1.54, 1.807) is 6.07 Å². The van der Waals surface area contributed by atoms with Crippen molar-refractivity contribution in [2.24, 2.45) is 5.84 Å². The van der Waals surface area contributed by atoms with Crippen LogP contribution in [0.1, 0.15) is 27.0 Å². The standard InChI is InChI=1S/C17H21N3O/c1-12-8-9-16(13(2)10-12)20(3)11-14-6-4-5-7-15(14)17(21)19-18/h4-10H,11,18H2,1-3H3,(H,19,21). The molecule has 0 saturated heterocycles. The molecule has 3 N–H and O–H groups in total. The number of carbonyl (C=O) groups is 1. The molecule has 0 aliphatic heterocycles. The number of aryl methyl sites for hydroxylation is 2. The van der Waals surface area contributed by atoms with Gasteiger partial charge >= 0.3 is 0 Å². The van der Waals surface area contributed by atoms with Gasteiger partial charge in [-0.3, -0.25) is 10.2 Å². The van der Waals surface area contributed by atoms with Crippen molar-refractivity contribution in [1.29, 1.82) is 0 Å². The summed E-state index contributed by atoms with van der Waals surface area (Å²) in [6.45, 7) is 4.82. The van der Waals surface area contributed by atoms with Crippen LogP contribution in [0.5, 0.6) is 0 Å². The van der Waals surface area contributed by atoms with Crippen LogP contribution in [0.2, 0.25) is 0 Å². The minimum atomic E-state index is -0.264. The van der Waals surface area contributed by atoms with E-state index in [0.717, 1.165) is 11.3 Å². The highest BCUT2D eigenvalue weighted by Crippen LogP contribution is 2.22. The summed E-state index contributed by atoms with van der Waals surface area (Å²) in [7, 11) is 2.02. The van der Waals surface area contributed by atoms with Crippen LogP contribution in [0.4, 0.5) is 5.69 Å². The quantitative estimate of drug-likeness (QED) is 0.515. The molecule has 2 aromatic carbocycles. The van der Waals surface area contributed by atoms with Crippen LogP contribution in [0.25, 0.3) is 0 Å². The first-order valence-electron chi connectivity index (χ1n) is 6.90. The van der Waals surface area contributed by atoms with Crippen LogP contribution in [0.15, 0.2) is 42.5 Å². The third-order valence-corrected chi connectivity index (χ3v) is 3.56. The molecule has 0 fully saturated rings. The van der Waals surface area contributed by atoms with E-state index < -0.39 is 0 Å². The Morgan fingerprint density at radius 3 is 2.57 bits per heavy atom. The Labute approximate surface area is 125 Å². The molecule has 0 bridgehead atoms. The molecule has 0 heterocycles. The minimum absolute atomic E-state index is 0.264. The predicted octanol–water partition coefficient (Wildman–Crippen LogP) is 2.54. The molecule has 4 heteroatoms. The smallest absolute Gasteiger partial charge is 0.265 e. The summed E-state index contributed by atoms with van der Waals surface area (Å²) < 4.78 is 0. The summed E-state index contributed by atoms with van der Waals surface area (Å²) >= 11 is 0. The van der Waals surface area contributed by atoms with Crippen molar-refractivity contribution < 1.29 is 4.79 Å². The summed E-state index contributed by atoms with van der Waals surface area (Å²) in [4.78, 5) is 13.9. The van der Waals surface area contributed by atoms with Gasteiger partial charge in [-0.15, -0.1) is 0 Å². The molecule has 0 aliphatic carbocycles. The minimum Gasteiger partial charge on any atom is -0.370 e. The lowest BCUT2D eigenvalue weighted by molar-refractivity contribution is 0.0952. The first-order chi connectivity index (χ1) is 10.0. The van der Waals surface area contributed by atoms with Gasteiger partial charge in [0.15, 0.2) is 0 Å². The Morgan fingerprint density at radius 2 is 1.90 bits per heavy atom. The fourth-order valence-corrected chi connectivity index (χ4v) is 2.53. The largest absolute Gasteiger partial charge is 0.370 e. The number of nitrogen functional groups attached to an aromatic ring is 1. The summed E-state index contributed by atoms with van der Waals surface area (Å²) in [6, 6.07) is 13.9. The van der Waals surface area contributed by atoms with Crippen LogP contribution in [0, 0.1) is 13.8 Å². The van der Waals surface area contributed by atoms with Gasteiger partial charge < -0.3 is 4.90 Å². The molecular weight excluding hydrogens is 262 g/mol. The van der Waals surface area contributed by atoms with Crippen LogP contribution in [-0.2, 0) is 6.54 Å². The van der Waals surface area contributed by atoms with Gasteiger partial charge in [0.25, 0.3) is 5.91 Å². The lowest BCUT2D eigenvalue weighted by Crippen LogP contribution is -2.31. The Balaban J connectivity index is 2.27. The van der Waals surface area contributed by atoms with Crippen molar-refractivity contribution >= 4 is 11.6 Å². The van der Waals surface area contributed by atoms with Crippen LogP contribution in [-0.4, -0.2) is 13.0 Å². The second-order valence-corrected chi connectivity index (χ2v) is 5.28. The average Bonchev–Trinajstić information content (AvgIpc) is 2.46. The molecule has 2 rings (SSSR count). The highest BCUT2D eigenvalue weighted by molar-refractivity contribution is 5.95. The van der Waals surface area contributed by atoms with Gasteiger partial charge in [0.05, 0.1) is 0 Å². The number of nitrogens with two attached hydrogens (primary N) is 1. The number of rotatable bonds is 4. The van der Waals surface area contributed by atoms with Gasteiger partial charge in [0.1, 0.15) is 0 Å². The number of anilines is 1. The number of carbonyl (C=O) groups excluding carboxylic acids is 1. The Morgan fingerprint density at radius 1 is 1.19 bits per heavy atom. The van der Waals surface area contributed by atoms with Crippen molar-refractivity contribution in [1.82, 2.24) is 5.43 Å². The fourth-order valence-electron chi connectivity index (χ4n) is 2.53. The van der Waals surface area contributed by atoms with Gasteiger partial charge in [-0.05, 0) is 37.1 Å². The zero-order valence-electron chi connectivity index (χ0n) is 12.7. The molecule has 0 saturated carbocycles. The number of hydrogen-bond donors (Lipinski definition) is 2. The Hall–Kier alpha value is -2.33.